The molecule has 4 aromatic rings. The summed E-state index contributed by atoms with van der Waals surface area (Å²) in [6, 6.07) is 15.7. The smallest absolute Gasteiger partial charge is 0.253 e. The maximum absolute atomic E-state index is 13.6. The number of para-hydroxylation sites is 2. The third kappa shape index (κ3) is 4.96. The quantitative estimate of drug-likeness (QED) is 0.366. The molecule has 0 spiro atoms. The van der Waals surface area contributed by atoms with Gasteiger partial charge in [0.1, 0.15) is 17.5 Å². The molecule has 2 aromatic heterocycles. The Morgan fingerprint density at radius 2 is 1.85 bits per heavy atom. The van der Waals surface area contributed by atoms with Gasteiger partial charge in [-0.05, 0) is 66.6 Å². The Hall–Kier alpha value is -3.92. The number of nitrogens with one attached hydrogen (secondary N) is 1. The number of benzene rings is 2. The number of piperazine rings is 1. The molecular weight excluding hydrogens is 494 g/mol. The number of rotatable bonds is 8. The molecule has 0 bridgehead atoms. The molecule has 1 saturated heterocycles. The van der Waals surface area contributed by atoms with Gasteiger partial charge in [0.15, 0.2) is 5.82 Å². The van der Waals surface area contributed by atoms with Gasteiger partial charge in [-0.25, -0.2) is 4.68 Å². The number of methoxy groups -OCH3 is 1. The van der Waals surface area contributed by atoms with Gasteiger partial charge in [0.05, 0.1) is 25.4 Å². The van der Waals surface area contributed by atoms with E-state index < -0.39 is 0 Å². The highest BCUT2D eigenvalue weighted by atomic mass is 16.5. The first-order chi connectivity index (χ1) is 19.2. The van der Waals surface area contributed by atoms with E-state index in [1.54, 1.807) is 7.11 Å². The van der Waals surface area contributed by atoms with Crippen LogP contribution < -0.4 is 19.9 Å². The standard InChI is InChI=1S/C29H35N7O3/c1-3-39-22-12-13-24-20(18-22)19-23(29(37)30-24)27(28-31-32-33-36(28)21-8-4-5-9-21)35-16-14-34(15-17-35)25-10-6-7-11-26(25)38-2/h6-7,10-13,18-19,21,27H,3-5,8-9,14-17H2,1-2H3,(H,30,37)/t27-/m0/s1. The number of nitrogens with zero attached hydrogens (tertiary/aromatic N) is 6. The van der Waals surface area contributed by atoms with Crippen molar-refractivity contribution >= 4 is 16.6 Å². The fourth-order valence-electron chi connectivity index (χ4n) is 6.06. The van der Waals surface area contributed by atoms with E-state index in [2.05, 4.69) is 36.4 Å². The van der Waals surface area contributed by atoms with Crippen molar-refractivity contribution in [3.8, 4) is 11.5 Å². The lowest BCUT2D eigenvalue weighted by Crippen LogP contribution is -2.49. The molecule has 1 aliphatic carbocycles. The first kappa shape index (κ1) is 25.4. The van der Waals surface area contributed by atoms with E-state index in [9.17, 15) is 4.79 Å². The molecule has 2 fully saturated rings. The average Bonchev–Trinajstić information content (AvgIpc) is 3.67. The minimum Gasteiger partial charge on any atom is -0.495 e. The van der Waals surface area contributed by atoms with Gasteiger partial charge in [0.2, 0.25) is 0 Å². The molecule has 1 N–H and O–H groups in total. The third-order valence-corrected chi connectivity index (χ3v) is 7.99. The lowest BCUT2D eigenvalue weighted by Gasteiger charge is -2.40. The molecule has 0 unspecified atom stereocenters. The van der Waals surface area contributed by atoms with Crippen molar-refractivity contribution in [3.63, 3.8) is 0 Å². The maximum Gasteiger partial charge on any atom is 0.253 e. The van der Waals surface area contributed by atoms with Gasteiger partial charge in [-0.15, -0.1) is 5.10 Å². The van der Waals surface area contributed by atoms with E-state index in [0.717, 1.165) is 72.9 Å². The summed E-state index contributed by atoms with van der Waals surface area (Å²) in [5.41, 5.74) is 2.39. The van der Waals surface area contributed by atoms with Crippen LogP contribution in [-0.2, 0) is 0 Å². The van der Waals surface area contributed by atoms with Crippen molar-refractivity contribution in [1.29, 1.82) is 0 Å². The zero-order chi connectivity index (χ0) is 26.8. The molecule has 10 nitrogen and oxygen atoms in total. The summed E-state index contributed by atoms with van der Waals surface area (Å²) in [5, 5.41) is 14.0. The highest BCUT2D eigenvalue weighted by molar-refractivity contribution is 5.80. The molecule has 0 amide bonds. The van der Waals surface area contributed by atoms with Crippen LogP contribution in [0.1, 0.15) is 56.1 Å². The van der Waals surface area contributed by atoms with E-state index in [1.807, 2.05) is 54.1 Å². The van der Waals surface area contributed by atoms with Crippen LogP contribution in [0.15, 0.2) is 53.3 Å². The van der Waals surface area contributed by atoms with Crippen molar-refractivity contribution in [2.24, 2.45) is 0 Å². The van der Waals surface area contributed by atoms with Crippen molar-refractivity contribution in [3.05, 3.63) is 70.3 Å². The van der Waals surface area contributed by atoms with Crippen molar-refractivity contribution in [2.45, 2.75) is 44.7 Å². The highest BCUT2D eigenvalue weighted by Gasteiger charge is 2.35. The molecule has 0 radical (unpaired) electrons. The SMILES string of the molecule is CCOc1ccc2[nH]c(=O)c([C@@H](c3nnnn3C3CCCC3)N3CCN(c4ccccc4OC)CC3)cc2c1. The molecule has 6 rings (SSSR count). The Morgan fingerprint density at radius 1 is 1.05 bits per heavy atom. The van der Waals surface area contributed by atoms with E-state index in [-0.39, 0.29) is 17.6 Å². The predicted octanol–water partition coefficient (Wildman–Crippen LogP) is 3.95. The second kappa shape index (κ2) is 11.1. The van der Waals surface area contributed by atoms with Gasteiger partial charge in [0, 0.05) is 42.6 Å². The van der Waals surface area contributed by atoms with E-state index in [4.69, 9.17) is 9.47 Å². The van der Waals surface area contributed by atoms with Gasteiger partial charge in [-0.2, -0.15) is 0 Å². The summed E-state index contributed by atoms with van der Waals surface area (Å²) >= 11 is 0. The molecular formula is C29H35N7O3. The maximum atomic E-state index is 13.6. The fraction of sp³-hybridized carbons (Fsp3) is 0.448. The first-order valence-electron chi connectivity index (χ1n) is 13.9. The number of ether oxygens (including phenoxy) is 2. The largest absolute Gasteiger partial charge is 0.495 e. The van der Waals surface area contributed by atoms with Crippen LogP contribution in [0.2, 0.25) is 0 Å². The Balaban J connectivity index is 1.39. The number of aromatic nitrogens is 5. The minimum atomic E-state index is -0.371. The van der Waals surface area contributed by atoms with Gasteiger partial charge < -0.3 is 19.4 Å². The lowest BCUT2D eigenvalue weighted by molar-refractivity contribution is 0.196. The molecule has 3 heterocycles. The molecule has 2 aromatic carbocycles. The third-order valence-electron chi connectivity index (χ3n) is 7.99. The minimum absolute atomic E-state index is 0.121. The van der Waals surface area contributed by atoms with Crippen molar-refractivity contribution in [1.82, 2.24) is 30.1 Å². The Kier molecular flexibility index (Phi) is 7.19. The molecule has 204 valence electrons. The normalized spacial score (nSPS) is 17.5. The number of hydrogen-bond acceptors (Lipinski definition) is 8. The Bertz CT molecular complexity index is 1490. The number of aromatic amines is 1. The molecule has 1 atom stereocenters. The zero-order valence-electron chi connectivity index (χ0n) is 22.5. The van der Waals surface area contributed by atoms with Crippen LogP contribution in [0.3, 0.4) is 0 Å². The number of hydrogen-bond donors (Lipinski definition) is 1. The van der Waals surface area contributed by atoms with Gasteiger partial charge in [0.25, 0.3) is 5.56 Å². The van der Waals surface area contributed by atoms with Crippen LogP contribution in [0.5, 0.6) is 11.5 Å². The fourth-order valence-corrected chi connectivity index (χ4v) is 6.06. The molecule has 2 aliphatic rings. The van der Waals surface area contributed by atoms with Crippen LogP contribution >= 0.6 is 0 Å². The monoisotopic (exact) mass is 529 g/mol. The molecule has 1 aliphatic heterocycles. The summed E-state index contributed by atoms with van der Waals surface area (Å²) in [6.07, 6.45) is 4.45. The Labute approximate surface area is 227 Å². The summed E-state index contributed by atoms with van der Waals surface area (Å²) in [7, 11) is 1.71. The van der Waals surface area contributed by atoms with Gasteiger partial charge in [-0.1, -0.05) is 25.0 Å². The number of H-pyrrole nitrogens is 1. The second-order valence-electron chi connectivity index (χ2n) is 10.3. The topological polar surface area (TPSA) is 101 Å². The number of fused-ring (bicyclic) bond motifs is 1. The second-order valence-corrected chi connectivity index (χ2v) is 10.3. The summed E-state index contributed by atoms with van der Waals surface area (Å²) in [5.74, 6) is 2.38. The average molecular weight is 530 g/mol. The highest BCUT2D eigenvalue weighted by Crippen LogP contribution is 2.35. The van der Waals surface area contributed by atoms with Crippen molar-refractivity contribution in [2.75, 3.05) is 44.8 Å². The van der Waals surface area contributed by atoms with Crippen molar-refractivity contribution < 1.29 is 9.47 Å². The van der Waals surface area contributed by atoms with E-state index in [0.29, 0.717) is 12.2 Å². The molecule has 39 heavy (non-hydrogen) atoms. The van der Waals surface area contributed by atoms with E-state index >= 15 is 0 Å². The van der Waals surface area contributed by atoms with Gasteiger partial charge >= 0.3 is 0 Å². The predicted molar refractivity (Wildman–Crippen MR) is 150 cm³/mol. The summed E-state index contributed by atoms with van der Waals surface area (Å²) < 4.78 is 13.3. The lowest BCUT2D eigenvalue weighted by atomic mass is 10.0. The number of anilines is 1. The Morgan fingerprint density at radius 3 is 2.62 bits per heavy atom. The number of pyridine rings is 1. The van der Waals surface area contributed by atoms with Crippen LogP contribution in [-0.4, -0.2) is 70.0 Å². The van der Waals surface area contributed by atoms with Crippen LogP contribution in [0.4, 0.5) is 5.69 Å². The molecule has 1 saturated carbocycles. The summed E-state index contributed by atoms with van der Waals surface area (Å²) in [4.78, 5) is 21.4. The van der Waals surface area contributed by atoms with Crippen LogP contribution in [0.25, 0.3) is 10.9 Å². The summed E-state index contributed by atoms with van der Waals surface area (Å²) in [6.45, 7) is 5.63. The van der Waals surface area contributed by atoms with E-state index in [1.165, 1.54) is 12.8 Å². The zero-order valence-corrected chi connectivity index (χ0v) is 22.5. The molecule has 10 heteroatoms. The van der Waals surface area contributed by atoms with Crippen LogP contribution in [0, 0.1) is 0 Å². The number of tetrazole rings is 1. The van der Waals surface area contributed by atoms with Gasteiger partial charge in [-0.3, -0.25) is 9.69 Å². The first-order valence-corrected chi connectivity index (χ1v) is 13.9.